The third-order valence-electron chi connectivity index (χ3n) is 43.3. The third kappa shape index (κ3) is 16.7. The van der Waals surface area contributed by atoms with Crippen LogP contribution in [-0.4, -0.2) is 70.2 Å². The van der Waals surface area contributed by atoms with Gasteiger partial charge in [-0.1, -0.05) is 152 Å². The van der Waals surface area contributed by atoms with E-state index in [1.54, 1.807) is 33.4 Å². The summed E-state index contributed by atoms with van der Waals surface area (Å²) >= 11 is 0. The van der Waals surface area contributed by atoms with Crippen molar-refractivity contribution in [3.05, 3.63) is 175 Å². The number of fused-ring (bicyclic) bond motifs is 24. The van der Waals surface area contributed by atoms with Gasteiger partial charge in [0.25, 0.3) is 0 Å². The second kappa shape index (κ2) is 34.7. The Morgan fingerprint density at radius 1 is 0.287 bits per heavy atom. The van der Waals surface area contributed by atoms with Crippen molar-refractivity contribution in [3.8, 4) is 0 Å². The van der Waals surface area contributed by atoms with Crippen LogP contribution in [0.5, 0.6) is 0 Å². The molecule has 16 aliphatic carbocycles. The first-order valence-corrected chi connectivity index (χ1v) is 55.6. The molecule has 0 aromatic heterocycles. The van der Waals surface area contributed by atoms with E-state index in [9.17, 15) is 0 Å². The highest BCUT2D eigenvalue weighted by atomic mass is 16.5. The van der Waals surface area contributed by atoms with Gasteiger partial charge in [0.05, 0.1) is 73.0 Å². The van der Waals surface area contributed by atoms with E-state index in [2.05, 4.69) is 256 Å². The van der Waals surface area contributed by atoms with Crippen molar-refractivity contribution < 1.29 is 18.9 Å². The molecule has 4 aliphatic heterocycles. The number of ether oxygens (including phenoxy) is 4. The summed E-state index contributed by atoms with van der Waals surface area (Å²) in [4.78, 5) is 17.9. The van der Waals surface area contributed by atoms with Gasteiger partial charge in [-0.05, 0) is 494 Å². The molecule has 0 bridgehead atoms. The standard InChI is InChI=1S/C31H46N2O.2C31H44N2O.C31H42N2O/c4*1-29(2,3)34-22-12-14-30(4)21(17-22)7-9-24-26-11-10-25(31(26,5)15-13-27(24)30)19-6-8-23-20(16-19)18-33-28(23)32/h6,8,16,21-22,24-27H,7,9-15,17-18H2,1-5H3,(H2,32,33);6,8,10,16,21-22,24,26-27H,7,9,11-15,17-18H2,1-5H3,(H2,32,33);6-8,16,22,24-27H,9-15,17-18H2,1-5H3,(H2,32,33);6-8,10,16,22,24,26-27H,9,11-15,17-18H2,1-5H3,(H2,32,33)/t21-,22+,24-,25+,26-,27-,30-,31+;21-,22+,24-,26-,27-,30-,31+;22-,24+,25-,26+,27+,30+,31-;22-,24+,26+,27+,30+,31-/m0011/s1. The minimum atomic E-state index is -0.0514. The van der Waals surface area contributed by atoms with Crippen LogP contribution in [-0.2, 0) is 45.1 Å². The second-order valence-electron chi connectivity index (χ2n) is 54.6. The maximum absolute atomic E-state index is 6.48. The van der Waals surface area contributed by atoms with E-state index < -0.39 is 0 Å². The molecule has 12 saturated carbocycles. The van der Waals surface area contributed by atoms with Crippen LogP contribution < -0.4 is 22.9 Å². The van der Waals surface area contributed by atoms with Gasteiger partial charge in [-0.25, -0.2) is 0 Å². The number of nitrogens with two attached hydrogens (primary N) is 4. The van der Waals surface area contributed by atoms with E-state index in [-0.39, 0.29) is 27.8 Å². The summed E-state index contributed by atoms with van der Waals surface area (Å²) in [5.74, 6) is 16.2. The molecule has 0 spiro atoms. The van der Waals surface area contributed by atoms with Crippen LogP contribution in [0.15, 0.2) is 128 Å². The average molecular weight is 1840 g/mol. The Kier molecular flexibility index (Phi) is 24.4. The van der Waals surface area contributed by atoms with Gasteiger partial charge in [-0.3, -0.25) is 20.0 Å². The van der Waals surface area contributed by atoms with E-state index in [0.29, 0.717) is 85.8 Å². The number of hydrogen-bond acceptors (Lipinski definition) is 12. The van der Waals surface area contributed by atoms with Crippen LogP contribution in [0.2, 0.25) is 0 Å². The number of allylic oxidation sites excluding steroid dienone is 6. The van der Waals surface area contributed by atoms with Crippen LogP contribution in [0.3, 0.4) is 0 Å². The highest BCUT2D eigenvalue weighted by Gasteiger charge is 2.65. The molecule has 736 valence electrons. The quantitative estimate of drug-likeness (QED) is 0.125. The van der Waals surface area contributed by atoms with Gasteiger partial charge in [0, 0.05) is 22.3 Å². The smallest absolute Gasteiger partial charge is 0.126 e. The number of hydrogen-bond donors (Lipinski definition) is 4. The molecule has 4 aromatic rings. The van der Waals surface area contributed by atoms with E-state index in [0.717, 1.165) is 150 Å². The predicted octanol–water partition coefficient (Wildman–Crippen LogP) is 28.5. The first-order valence-electron chi connectivity index (χ1n) is 55.6. The zero-order valence-corrected chi connectivity index (χ0v) is 88.0. The molecule has 4 heterocycles. The van der Waals surface area contributed by atoms with E-state index >= 15 is 0 Å². The van der Waals surface area contributed by atoms with Gasteiger partial charge >= 0.3 is 0 Å². The van der Waals surface area contributed by atoms with Crippen molar-refractivity contribution in [2.45, 2.75) is 429 Å². The molecule has 28 atom stereocenters. The van der Waals surface area contributed by atoms with Gasteiger partial charge < -0.3 is 41.9 Å². The third-order valence-corrected chi connectivity index (χ3v) is 43.3. The molecular formula is C124H176N8O4. The van der Waals surface area contributed by atoms with Crippen molar-refractivity contribution >= 4 is 34.5 Å². The normalized spacial score (nSPS) is 41.1. The Bertz CT molecular complexity index is 5410. The lowest BCUT2D eigenvalue weighted by atomic mass is 9.44. The summed E-state index contributed by atoms with van der Waals surface area (Å²) in [6, 6.07) is 27.9. The van der Waals surface area contributed by atoms with Crippen molar-refractivity contribution in [1.82, 2.24) is 0 Å². The topological polar surface area (TPSA) is 190 Å². The Morgan fingerprint density at radius 3 is 1.01 bits per heavy atom. The molecule has 0 unspecified atom stereocenters. The first-order chi connectivity index (χ1) is 64.3. The Labute approximate surface area is 821 Å². The highest BCUT2D eigenvalue weighted by molar-refractivity contribution is 6.03. The lowest BCUT2D eigenvalue weighted by Crippen LogP contribution is -2.54. The number of nitrogens with zero attached hydrogens (tertiary/aromatic N) is 4. The van der Waals surface area contributed by atoms with E-state index in [4.69, 9.17) is 41.9 Å². The van der Waals surface area contributed by atoms with E-state index in [1.165, 1.54) is 232 Å². The number of benzene rings is 4. The maximum atomic E-state index is 6.48. The van der Waals surface area contributed by atoms with Gasteiger partial charge in [0.15, 0.2) is 0 Å². The van der Waals surface area contributed by atoms with Crippen LogP contribution in [0.4, 0.5) is 0 Å². The summed E-state index contributed by atoms with van der Waals surface area (Å²) in [5, 5.41) is 0. The van der Waals surface area contributed by atoms with Crippen molar-refractivity contribution in [3.63, 3.8) is 0 Å². The summed E-state index contributed by atoms with van der Waals surface area (Å²) in [5.41, 5.74) is 50.0. The minimum Gasteiger partial charge on any atom is -0.383 e. The van der Waals surface area contributed by atoms with E-state index in [1.807, 2.05) is 0 Å². The Morgan fingerprint density at radius 2 is 0.603 bits per heavy atom. The maximum Gasteiger partial charge on any atom is 0.126 e. The van der Waals surface area contributed by atoms with Crippen LogP contribution >= 0.6 is 0 Å². The molecule has 0 radical (unpaired) electrons. The van der Waals surface area contributed by atoms with Gasteiger partial charge in [0.2, 0.25) is 0 Å². The van der Waals surface area contributed by atoms with Crippen molar-refractivity contribution in [2.75, 3.05) is 0 Å². The molecule has 12 fully saturated rings. The fraction of sp³-hybridized carbons (Fsp3) is 0.710. The Hall–Kier alpha value is -6.44. The second-order valence-corrected chi connectivity index (χ2v) is 54.6. The molecular weight excluding hydrogens is 1670 g/mol. The molecule has 8 N–H and O–H groups in total. The fourth-order valence-electron chi connectivity index (χ4n) is 37.0. The van der Waals surface area contributed by atoms with Gasteiger partial charge in [0.1, 0.15) is 23.3 Å². The summed E-state index contributed by atoms with van der Waals surface area (Å²) in [7, 11) is 0. The average Bonchev–Trinajstić information content (AvgIpc) is 1.49. The fourth-order valence-corrected chi connectivity index (χ4v) is 37.0. The number of aliphatic imine (C=N–C) groups is 4. The Balaban J connectivity index is 0.000000108. The lowest BCUT2D eigenvalue weighted by Gasteiger charge is -2.61. The highest BCUT2D eigenvalue weighted by Crippen LogP contribution is 2.74. The monoisotopic (exact) mass is 1840 g/mol. The van der Waals surface area contributed by atoms with Crippen molar-refractivity contribution in [2.24, 2.45) is 169 Å². The minimum absolute atomic E-state index is 0.0173. The lowest BCUT2D eigenvalue weighted by molar-refractivity contribution is -0.152. The molecule has 12 nitrogen and oxygen atoms in total. The van der Waals surface area contributed by atoms with Gasteiger partial charge in [-0.2, -0.15) is 0 Å². The number of amidine groups is 4. The van der Waals surface area contributed by atoms with Gasteiger partial charge in [-0.15, -0.1) is 0 Å². The first kappa shape index (κ1) is 95.7. The zero-order valence-electron chi connectivity index (χ0n) is 88.0. The molecule has 4 aromatic carbocycles. The van der Waals surface area contributed by atoms with Crippen LogP contribution in [0.1, 0.15) is 423 Å². The molecule has 136 heavy (non-hydrogen) atoms. The molecule has 20 aliphatic rings. The molecule has 0 saturated heterocycles. The number of rotatable bonds is 8. The largest absolute Gasteiger partial charge is 0.383 e. The summed E-state index contributed by atoms with van der Waals surface area (Å²) in [6.45, 7) is 50.5. The molecule has 12 heteroatoms. The molecule has 24 rings (SSSR count). The van der Waals surface area contributed by atoms with Crippen LogP contribution in [0.25, 0.3) is 11.1 Å². The van der Waals surface area contributed by atoms with Crippen LogP contribution in [0, 0.1) is 126 Å². The summed E-state index contributed by atoms with van der Waals surface area (Å²) < 4.78 is 25.8. The SMILES string of the molecule is CC(C)(C)O[C@@H]1CC[C@@]2(C)C(=CC[C@@H]3[C@@H]2CC[C@]2(C)C(c4ccc5c(c4)CN=C5N)=CC[C@@H]32)C1.CC(C)(C)O[C@@H]1CC[C@@]2(C)C(=CC[C@H]3[C@@H]4CC[C@H](c5ccc6c(c5)CN=C6N)[C@@]4(C)CC[C@@H]32)C1.CC(C)(C)O[C@@H]1CC[C@@]2(C)[C@@H](CC[C@@H]3[C@@H]2CC[C@]2(C)C(c4ccc5c(c4)CN=C5N)=CC[C@@H]32)C1.CC(C)(C)O[C@@H]1CC[C@@]2(C)[C@@H](CC[C@@H]3[C@@H]2CC[C@]2(C)[C@@H](c4ccc5c(c4)CN=C5N)CC[C@@H]32)C1. The zero-order chi connectivity index (χ0) is 95.5. The predicted molar refractivity (Wildman–Crippen MR) is 561 cm³/mol. The summed E-state index contributed by atoms with van der Waals surface area (Å²) in [6.07, 6.45) is 54.7. The van der Waals surface area contributed by atoms with Crippen molar-refractivity contribution in [1.29, 1.82) is 0 Å². The molecule has 0 amide bonds.